The molecule has 4 heteroatoms. The van der Waals surface area contributed by atoms with E-state index in [1.165, 1.54) is 44.5 Å². The molecule has 1 fully saturated rings. The number of nitrogens with zero attached hydrogens (tertiary/aromatic N) is 1. The minimum Gasteiger partial charge on any atom is -0.481 e. The summed E-state index contributed by atoms with van der Waals surface area (Å²) in [7, 11) is 0. The Morgan fingerprint density at radius 1 is 1.24 bits per heavy atom. The topological polar surface area (TPSA) is 52.6 Å². The van der Waals surface area contributed by atoms with E-state index in [1.54, 1.807) is 0 Å². The van der Waals surface area contributed by atoms with Crippen LogP contribution in [0.4, 0.5) is 0 Å². The van der Waals surface area contributed by atoms with E-state index in [2.05, 4.69) is 17.1 Å². The first-order chi connectivity index (χ1) is 10.2. The van der Waals surface area contributed by atoms with E-state index in [4.69, 9.17) is 5.11 Å². The number of carboxylic acids is 1. The molecule has 0 unspecified atom stereocenters. The van der Waals surface area contributed by atoms with Crippen LogP contribution in [-0.4, -0.2) is 41.7 Å². The summed E-state index contributed by atoms with van der Waals surface area (Å²) in [4.78, 5) is 13.2. The molecule has 0 spiro atoms. The monoisotopic (exact) mass is 290 g/mol. The Balaban J connectivity index is 1.72. The van der Waals surface area contributed by atoms with Crippen LogP contribution in [-0.2, 0) is 17.8 Å². The smallest absolute Gasteiger partial charge is 0.307 e. The Hall–Kier alpha value is -1.39. The van der Waals surface area contributed by atoms with Crippen molar-refractivity contribution >= 4 is 5.97 Å². The summed E-state index contributed by atoms with van der Waals surface area (Å²) in [5.41, 5.74) is 2.08. The van der Waals surface area contributed by atoms with E-state index in [9.17, 15) is 4.79 Å². The van der Waals surface area contributed by atoms with E-state index < -0.39 is 5.97 Å². The number of carbonyl (C=O) groups is 1. The first-order valence-electron chi connectivity index (χ1n) is 7.92. The highest BCUT2D eigenvalue weighted by Crippen LogP contribution is 2.12. The third-order valence-electron chi connectivity index (χ3n) is 4.10. The lowest BCUT2D eigenvalue weighted by Crippen LogP contribution is -2.42. The quantitative estimate of drug-likeness (QED) is 0.809. The van der Waals surface area contributed by atoms with Gasteiger partial charge in [0.2, 0.25) is 0 Å². The molecular weight excluding hydrogens is 264 g/mol. The van der Waals surface area contributed by atoms with Crippen LogP contribution in [0.2, 0.25) is 0 Å². The highest BCUT2D eigenvalue weighted by Gasteiger charge is 2.17. The van der Waals surface area contributed by atoms with Crippen LogP contribution >= 0.6 is 0 Å². The first-order valence-corrected chi connectivity index (χ1v) is 7.92. The van der Waals surface area contributed by atoms with Crippen molar-refractivity contribution in [1.82, 2.24) is 10.2 Å². The van der Waals surface area contributed by atoms with Gasteiger partial charge >= 0.3 is 5.97 Å². The summed E-state index contributed by atoms with van der Waals surface area (Å²) in [5, 5.41) is 12.4. The number of hydrogen-bond donors (Lipinski definition) is 2. The van der Waals surface area contributed by atoms with Crippen molar-refractivity contribution in [3.05, 3.63) is 35.4 Å². The van der Waals surface area contributed by atoms with Crippen molar-refractivity contribution < 1.29 is 9.90 Å². The normalized spacial score (nSPS) is 17.0. The van der Waals surface area contributed by atoms with Gasteiger partial charge in [-0.3, -0.25) is 4.79 Å². The van der Waals surface area contributed by atoms with Gasteiger partial charge in [0.1, 0.15) is 0 Å². The first kappa shape index (κ1) is 16.0. The second kappa shape index (κ2) is 8.15. The molecule has 0 amide bonds. The molecule has 1 heterocycles. The van der Waals surface area contributed by atoms with Crippen LogP contribution in [0.25, 0.3) is 0 Å². The number of piperidine rings is 1. The molecule has 1 aromatic carbocycles. The Kier molecular flexibility index (Phi) is 6.21. The predicted molar refractivity (Wildman–Crippen MR) is 84.4 cm³/mol. The fourth-order valence-corrected chi connectivity index (χ4v) is 2.89. The molecular formula is C17H26N2O2. The van der Waals surface area contributed by atoms with Gasteiger partial charge in [0.15, 0.2) is 0 Å². The number of rotatable bonds is 7. The lowest BCUT2D eigenvalue weighted by atomic mass is 10.0. The number of hydrogen-bond acceptors (Lipinski definition) is 3. The van der Waals surface area contributed by atoms with E-state index in [-0.39, 0.29) is 6.42 Å². The summed E-state index contributed by atoms with van der Waals surface area (Å²) in [6, 6.07) is 8.48. The molecule has 4 nitrogen and oxygen atoms in total. The van der Waals surface area contributed by atoms with Gasteiger partial charge in [0.05, 0.1) is 6.42 Å². The molecule has 1 saturated heterocycles. The summed E-state index contributed by atoms with van der Waals surface area (Å²) in [5.74, 6) is -0.778. The SMILES string of the molecule is CCCN1CCC(NCc2ccc(CC(=O)O)cc2)CC1. The maximum Gasteiger partial charge on any atom is 0.307 e. The molecule has 1 aliphatic rings. The average molecular weight is 290 g/mol. The molecule has 2 rings (SSSR count). The number of likely N-dealkylation sites (tertiary alicyclic amines) is 1. The number of benzene rings is 1. The fourth-order valence-electron chi connectivity index (χ4n) is 2.89. The van der Waals surface area contributed by atoms with Crippen molar-refractivity contribution in [2.75, 3.05) is 19.6 Å². The molecule has 0 atom stereocenters. The molecule has 116 valence electrons. The lowest BCUT2D eigenvalue weighted by molar-refractivity contribution is -0.136. The average Bonchev–Trinajstić information content (AvgIpc) is 2.48. The molecule has 0 bridgehead atoms. The van der Waals surface area contributed by atoms with Crippen molar-refractivity contribution in [2.24, 2.45) is 0 Å². The number of nitrogens with one attached hydrogen (secondary N) is 1. The van der Waals surface area contributed by atoms with Gasteiger partial charge in [0.25, 0.3) is 0 Å². The van der Waals surface area contributed by atoms with Crippen LogP contribution < -0.4 is 5.32 Å². The molecule has 2 N–H and O–H groups in total. The fraction of sp³-hybridized carbons (Fsp3) is 0.588. The van der Waals surface area contributed by atoms with Crippen molar-refractivity contribution in [2.45, 2.75) is 45.2 Å². The molecule has 1 aromatic rings. The van der Waals surface area contributed by atoms with Crippen LogP contribution in [0.3, 0.4) is 0 Å². The second-order valence-corrected chi connectivity index (χ2v) is 5.88. The van der Waals surface area contributed by atoms with Gasteiger partial charge < -0.3 is 15.3 Å². The zero-order chi connectivity index (χ0) is 15.1. The predicted octanol–water partition coefficient (Wildman–Crippen LogP) is 2.28. The largest absolute Gasteiger partial charge is 0.481 e. The molecule has 1 aliphatic heterocycles. The summed E-state index contributed by atoms with van der Waals surface area (Å²) < 4.78 is 0. The Labute approximate surface area is 127 Å². The Morgan fingerprint density at radius 3 is 2.43 bits per heavy atom. The highest BCUT2D eigenvalue weighted by atomic mass is 16.4. The molecule has 0 aliphatic carbocycles. The highest BCUT2D eigenvalue weighted by molar-refractivity contribution is 5.70. The summed E-state index contributed by atoms with van der Waals surface area (Å²) >= 11 is 0. The summed E-state index contributed by atoms with van der Waals surface area (Å²) in [6.45, 7) is 6.72. The van der Waals surface area contributed by atoms with E-state index >= 15 is 0 Å². The van der Waals surface area contributed by atoms with Gasteiger partial charge in [-0.1, -0.05) is 31.2 Å². The zero-order valence-electron chi connectivity index (χ0n) is 12.8. The van der Waals surface area contributed by atoms with Gasteiger partial charge in [-0.05, 0) is 50.0 Å². The van der Waals surface area contributed by atoms with Crippen molar-refractivity contribution in [3.8, 4) is 0 Å². The number of aliphatic carboxylic acids is 1. The van der Waals surface area contributed by atoms with E-state index in [1.807, 2.05) is 24.3 Å². The van der Waals surface area contributed by atoms with Crippen LogP contribution in [0.15, 0.2) is 24.3 Å². The molecule has 0 radical (unpaired) electrons. The van der Waals surface area contributed by atoms with Gasteiger partial charge in [-0.15, -0.1) is 0 Å². The third kappa shape index (κ3) is 5.48. The minimum absolute atomic E-state index is 0.101. The van der Waals surface area contributed by atoms with E-state index in [0.29, 0.717) is 6.04 Å². The van der Waals surface area contributed by atoms with Crippen LogP contribution in [0.1, 0.15) is 37.3 Å². The third-order valence-corrected chi connectivity index (χ3v) is 4.10. The molecule has 0 saturated carbocycles. The summed E-state index contributed by atoms with van der Waals surface area (Å²) in [6.07, 6.45) is 3.78. The van der Waals surface area contributed by atoms with Crippen LogP contribution in [0.5, 0.6) is 0 Å². The number of carboxylic acid groups (broad SMARTS) is 1. The maximum atomic E-state index is 10.6. The van der Waals surface area contributed by atoms with E-state index in [0.717, 1.165) is 12.1 Å². The lowest BCUT2D eigenvalue weighted by Gasteiger charge is -2.32. The van der Waals surface area contributed by atoms with Crippen LogP contribution in [0, 0.1) is 0 Å². The molecule has 21 heavy (non-hydrogen) atoms. The zero-order valence-corrected chi connectivity index (χ0v) is 12.8. The molecule has 0 aromatic heterocycles. The Morgan fingerprint density at radius 2 is 1.86 bits per heavy atom. The second-order valence-electron chi connectivity index (χ2n) is 5.88. The Bertz CT molecular complexity index is 437. The van der Waals surface area contributed by atoms with Crippen molar-refractivity contribution in [3.63, 3.8) is 0 Å². The minimum atomic E-state index is -0.778. The van der Waals surface area contributed by atoms with Crippen molar-refractivity contribution in [1.29, 1.82) is 0 Å². The van der Waals surface area contributed by atoms with Gasteiger partial charge in [0, 0.05) is 12.6 Å². The maximum absolute atomic E-state index is 10.6. The van der Waals surface area contributed by atoms with Gasteiger partial charge in [-0.2, -0.15) is 0 Å². The van der Waals surface area contributed by atoms with Gasteiger partial charge in [-0.25, -0.2) is 0 Å². The standard InChI is InChI=1S/C17H26N2O2/c1-2-9-19-10-7-16(8-11-19)18-13-15-5-3-14(4-6-15)12-17(20)21/h3-6,16,18H,2,7-13H2,1H3,(H,20,21).